The number of nitrogens with one attached hydrogen (secondary N) is 1. The molecule has 0 aliphatic heterocycles. The molecule has 0 aromatic heterocycles. The van der Waals surface area contributed by atoms with Gasteiger partial charge in [0.25, 0.3) is 0 Å². The Morgan fingerprint density at radius 2 is 1.67 bits per heavy atom. The molecule has 0 heterocycles. The molecule has 24 heavy (non-hydrogen) atoms. The molecule has 0 radical (unpaired) electrons. The van der Waals surface area contributed by atoms with E-state index >= 15 is 0 Å². The first-order chi connectivity index (χ1) is 11.7. The minimum Gasteiger partial charge on any atom is -0.312 e. The van der Waals surface area contributed by atoms with E-state index in [4.69, 9.17) is 5.73 Å². The van der Waals surface area contributed by atoms with E-state index in [0.29, 0.717) is 0 Å². The number of halogens is 1. The maximum Gasteiger partial charge on any atom is 0.123 e. The van der Waals surface area contributed by atoms with Crippen LogP contribution in [0.5, 0.6) is 0 Å². The van der Waals surface area contributed by atoms with Crippen molar-refractivity contribution < 1.29 is 4.39 Å². The van der Waals surface area contributed by atoms with Crippen LogP contribution in [0.2, 0.25) is 0 Å². The van der Waals surface area contributed by atoms with Crippen LogP contribution < -0.4 is 11.1 Å². The molecule has 0 fully saturated rings. The molecule has 0 aliphatic carbocycles. The fraction of sp³-hybridized carbons (Fsp3) is 0.143. The second kappa shape index (κ2) is 9.60. The smallest absolute Gasteiger partial charge is 0.123 e. The van der Waals surface area contributed by atoms with Crippen molar-refractivity contribution in [3.8, 4) is 0 Å². The van der Waals surface area contributed by atoms with Crippen LogP contribution in [-0.2, 0) is 0 Å². The molecule has 0 amide bonds. The molecule has 2 aromatic rings. The average Bonchev–Trinajstić information content (AvgIpc) is 2.61. The summed E-state index contributed by atoms with van der Waals surface area (Å²) in [6.45, 7) is 3.64. The van der Waals surface area contributed by atoms with Crippen LogP contribution in [0.4, 0.5) is 4.39 Å². The first-order valence-corrected chi connectivity index (χ1v) is 7.97. The molecular formula is C21H23FN2. The molecule has 0 aliphatic rings. The summed E-state index contributed by atoms with van der Waals surface area (Å²) in [5.41, 5.74) is 8.26. The van der Waals surface area contributed by atoms with Crippen molar-refractivity contribution in [3.05, 3.63) is 109 Å². The quantitative estimate of drug-likeness (QED) is 0.541. The first kappa shape index (κ1) is 17.9. The molecule has 0 bridgehead atoms. The molecule has 2 atom stereocenters. The summed E-state index contributed by atoms with van der Waals surface area (Å²) in [5.74, 6) is -0.262. The molecular weight excluding hydrogens is 299 g/mol. The summed E-state index contributed by atoms with van der Waals surface area (Å²) in [6, 6.07) is 16.5. The third kappa shape index (κ3) is 5.61. The molecule has 3 heteroatoms. The van der Waals surface area contributed by atoms with E-state index in [2.05, 4.69) is 30.1 Å². The topological polar surface area (TPSA) is 38.0 Å². The Kier molecular flexibility index (Phi) is 7.15. The van der Waals surface area contributed by atoms with E-state index in [0.717, 1.165) is 17.5 Å². The summed E-state index contributed by atoms with van der Waals surface area (Å²) in [6.07, 6.45) is 10.1. The minimum absolute atomic E-state index is 0.0691. The van der Waals surface area contributed by atoms with Crippen LogP contribution in [0.3, 0.4) is 0 Å². The normalized spacial score (nSPS) is 14.1. The SMILES string of the molecule is C=C/C=C\C=C/CC(N[C@H](N)c1ccc(F)cc1)c1ccccc1. The van der Waals surface area contributed by atoms with Gasteiger partial charge in [0.2, 0.25) is 0 Å². The van der Waals surface area contributed by atoms with Crippen LogP contribution >= 0.6 is 0 Å². The number of benzene rings is 2. The molecule has 1 unspecified atom stereocenters. The van der Waals surface area contributed by atoms with Gasteiger partial charge >= 0.3 is 0 Å². The third-order valence-electron chi connectivity index (χ3n) is 3.68. The standard InChI is InChI=1S/C21H23FN2/c1-2-3-4-5-9-12-20(17-10-7-6-8-11-17)24-21(23)18-13-15-19(22)16-14-18/h2-11,13-16,20-21,24H,1,12,23H2/b4-3-,9-5-/t20?,21-/m0/s1. The molecule has 2 rings (SSSR count). The van der Waals surface area contributed by atoms with E-state index in [1.165, 1.54) is 12.1 Å². The molecule has 124 valence electrons. The van der Waals surface area contributed by atoms with Gasteiger partial charge in [0, 0.05) is 6.04 Å². The maximum atomic E-state index is 13.1. The molecule has 2 aromatic carbocycles. The van der Waals surface area contributed by atoms with Crippen molar-refractivity contribution in [2.75, 3.05) is 0 Å². The summed E-state index contributed by atoms with van der Waals surface area (Å²) in [5, 5.41) is 3.42. The number of hydrogen-bond donors (Lipinski definition) is 2. The van der Waals surface area contributed by atoms with Crippen LogP contribution in [0.1, 0.15) is 29.8 Å². The third-order valence-corrected chi connectivity index (χ3v) is 3.68. The van der Waals surface area contributed by atoms with Crippen LogP contribution in [0, 0.1) is 5.82 Å². The Bertz CT molecular complexity index is 675. The van der Waals surface area contributed by atoms with Crippen molar-refractivity contribution in [2.45, 2.75) is 18.6 Å². The number of hydrogen-bond acceptors (Lipinski definition) is 2. The maximum absolute atomic E-state index is 13.1. The van der Waals surface area contributed by atoms with Crippen LogP contribution in [0.15, 0.2) is 91.6 Å². The Hall–Kier alpha value is -2.49. The van der Waals surface area contributed by atoms with Gasteiger partial charge in [0.05, 0.1) is 6.17 Å². The van der Waals surface area contributed by atoms with E-state index in [-0.39, 0.29) is 18.0 Å². The Morgan fingerprint density at radius 1 is 0.958 bits per heavy atom. The summed E-state index contributed by atoms with van der Waals surface area (Å²) >= 11 is 0. The molecule has 0 saturated carbocycles. The fourth-order valence-electron chi connectivity index (χ4n) is 2.40. The second-order valence-electron chi connectivity index (χ2n) is 5.44. The molecule has 2 nitrogen and oxygen atoms in total. The number of allylic oxidation sites excluding steroid dienone is 4. The molecule has 3 N–H and O–H groups in total. The van der Waals surface area contributed by atoms with Gasteiger partial charge in [-0.3, -0.25) is 5.32 Å². The van der Waals surface area contributed by atoms with Gasteiger partial charge in [-0.2, -0.15) is 0 Å². The zero-order valence-electron chi connectivity index (χ0n) is 13.6. The van der Waals surface area contributed by atoms with Crippen molar-refractivity contribution in [1.29, 1.82) is 0 Å². The van der Waals surface area contributed by atoms with E-state index in [1.54, 1.807) is 18.2 Å². The highest BCUT2D eigenvalue weighted by Gasteiger charge is 2.14. The number of nitrogens with two attached hydrogens (primary N) is 1. The van der Waals surface area contributed by atoms with Crippen molar-refractivity contribution in [3.63, 3.8) is 0 Å². The van der Waals surface area contributed by atoms with E-state index < -0.39 is 0 Å². The summed E-state index contributed by atoms with van der Waals surface area (Å²) in [7, 11) is 0. The predicted molar refractivity (Wildman–Crippen MR) is 98.7 cm³/mol. The summed E-state index contributed by atoms with van der Waals surface area (Å²) < 4.78 is 13.1. The molecule has 0 spiro atoms. The zero-order valence-corrected chi connectivity index (χ0v) is 13.6. The highest BCUT2D eigenvalue weighted by molar-refractivity contribution is 5.23. The summed E-state index contributed by atoms with van der Waals surface area (Å²) in [4.78, 5) is 0. The van der Waals surface area contributed by atoms with Gasteiger partial charge < -0.3 is 5.73 Å². The van der Waals surface area contributed by atoms with Gasteiger partial charge in [-0.1, -0.05) is 79.4 Å². The van der Waals surface area contributed by atoms with Gasteiger partial charge in [0.1, 0.15) is 5.82 Å². The zero-order chi connectivity index (χ0) is 17.2. The van der Waals surface area contributed by atoms with E-state index in [1.807, 2.05) is 36.4 Å². The van der Waals surface area contributed by atoms with Crippen molar-refractivity contribution in [1.82, 2.24) is 5.32 Å². The van der Waals surface area contributed by atoms with Crippen molar-refractivity contribution >= 4 is 0 Å². The van der Waals surface area contributed by atoms with Gasteiger partial charge in [-0.25, -0.2) is 4.39 Å². The average molecular weight is 322 g/mol. The Morgan fingerprint density at radius 3 is 2.33 bits per heavy atom. The predicted octanol–water partition coefficient (Wildman–Crippen LogP) is 4.80. The highest BCUT2D eigenvalue weighted by Crippen LogP contribution is 2.21. The lowest BCUT2D eigenvalue weighted by atomic mass is 10.0. The van der Waals surface area contributed by atoms with Crippen LogP contribution in [0.25, 0.3) is 0 Å². The van der Waals surface area contributed by atoms with Crippen LogP contribution in [-0.4, -0.2) is 0 Å². The fourth-order valence-corrected chi connectivity index (χ4v) is 2.40. The number of rotatable bonds is 8. The molecule has 0 saturated heterocycles. The van der Waals surface area contributed by atoms with Gasteiger partial charge in [0.15, 0.2) is 0 Å². The first-order valence-electron chi connectivity index (χ1n) is 7.97. The lowest BCUT2D eigenvalue weighted by Gasteiger charge is -2.23. The van der Waals surface area contributed by atoms with Gasteiger partial charge in [-0.15, -0.1) is 0 Å². The Labute approximate surface area is 143 Å². The second-order valence-corrected chi connectivity index (χ2v) is 5.44. The lowest BCUT2D eigenvalue weighted by Crippen LogP contribution is -2.32. The van der Waals surface area contributed by atoms with Gasteiger partial charge in [-0.05, 0) is 29.7 Å². The lowest BCUT2D eigenvalue weighted by molar-refractivity contribution is 0.455. The monoisotopic (exact) mass is 322 g/mol. The van der Waals surface area contributed by atoms with Crippen molar-refractivity contribution in [2.24, 2.45) is 5.73 Å². The largest absolute Gasteiger partial charge is 0.312 e. The van der Waals surface area contributed by atoms with E-state index in [9.17, 15) is 4.39 Å². The Balaban J connectivity index is 2.10. The highest BCUT2D eigenvalue weighted by atomic mass is 19.1. The minimum atomic E-state index is -0.368.